The van der Waals surface area contributed by atoms with Gasteiger partial charge in [0.2, 0.25) is 0 Å². The van der Waals surface area contributed by atoms with Crippen LogP contribution in [0.3, 0.4) is 0 Å². The van der Waals surface area contributed by atoms with Gasteiger partial charge in [-0.25, -0.2) is 14.2 Å². The van der Waals surface area contributed by atoms with Crippen LogP contribution in [0.4, 0.5) is 10.1 Å². The van der Waals surface area contributed by atoms with Gasteiger partial charge in [0.25, 0.3) is 0 Å². The summed E-state index contributed by atoms with van der Waals surface area (Å²) in [5.41, 5.74) is 0.883. The minimum Gasteiger partial charge on any atom is -0.461 e. The molecule has 0 spiro atoms. The molecule has 1 aromatic carbocycles. The highest BCUT2D eigenvalue weighted by Crippen LogP contribution is 2.50. The maximum atomic E-state index is 13.4. The number of esters is 1. The zero-order valence-corrected chi connectivity index (χ0v) is 15.0. The van der Waals surface area contributed by atoms with Gasteiger partial charge < -0.3 is 9.47 Å². The van der Waals surface area contributed by atoms with E-state index in [0.29, 0.717) is 25.5 Å². The van der Waals surface area contributed by atoms with Crippen molar-refractivity contribution in [2.45, 2.75) is 31.8 Å². The Morgan fingerprint density at radius 1 is 1.35 bits per heavy atom. The van der Waals surface area contributed by atoms with Gasteiger partial charge in [0.15, 0.2) is 5.71 Å². The fourth-order valence-electron chi connectivity index (χ4n) is 4.56. The second kappa shape index (κ2) is 6.96. The molecule has 1 aromatic rings. The van der Waals surface area contributed by atoms with Crippen LogP contribution < -0.4 is 5.01 Å². The van der Waals surface area contributed by atoms with Crippen LogP contribution in [0.5, 0.6) is 0 Å². The number of nitrogens with zero attached hydrogens (tertiary/aromatic N) is 3. The molecule has 0 bridgehead atoms. The lowest BCUT2D eigenvalue weighted by atomic mass is 9.89. The van der Waals surface area contributed by atoms with E-state index < -0.39 is 5.66 Å². The van der Waals surface area contributed by atoms with Gasteiger partial charge in [-0.1, -0.05) is 0 Å². The van der Waals surface area contributed by atoms with Gasteiger partial charge in [-0.05, 0) is 50.5 Å². The van der Waals surface area contributed by atoms with Gasteiger partial charge in [-0.15, -0.1) is 0 Å². The number of halogens is 1. The number of hydrazone groups is 1. The van der Waals surface area contributed by atoms with Gasteiger partial charge in [-0.3, -0.25) is 4.90 Å². The Balaban J connectivity index is 1.77. The van der Waals surface area contributed by atoms with Crippen molar-refractivity contribution in [3.8, 4) is 0 Å². The monoisotopic (exact) mass is 361 g/mol. The summed E-state index contributed by atoms with van der Waals surface area (Å²) in [5.74, 6) is -0.641. The molecule has 0 unspecified atom stereocenters. The van der Waals surface area contributed by atoms with Gasteiger partial charge in [0.05, 0.1) is 25.5 Å². The zero-order valence-electron chi connectivity index (χ0n) is 15.0. The molecule has 4 rings (SSSR count). The number of ether oxygens (including phenoxy) is 2. The summed E-state index contributed by atoms with van der Waals surface area (Å²) in [4.78, 5) is 14.9. The number of carbonyl (C=O) groups excluding carboxylic acids is 1. The highest BCUT2D eigenvalue weighted by atomic mass is 19.1. The third-order valence-electron chi connectivity index (χ3n) is 5.61. The molecule has 6 nitrogen and oxygen atoms in total. The van der Waals surface area contributed by atoms with Gasteiger partial charge in [0, 0.05) is 19.0 Å². The molecule has 3 aliphatic rings. The van der Waals surface area contributed by atoms with Crippen LogP contribution >= 0.6 is 0 Å². The molecule has 7 heteroatoms. The number of anilines is 1. The van der Waals surface area contributed by atoms with Crippen LogP contribution in [-0.4, -0.2) is 55.2 Å². The highest BCUT2D eigenvalue weighted by molar-refractivity contribution is 6.38. The summed E-state index contributed by atoms with van der Waals surface area (Å²) in [5, 5.41) is 6.64. The average Bonchev–Trinajstić information content (AvgIpc) is 3.22. The Labute approximate surface area is 152 Å². The number of benzene rings is 1. The molecular formula is C19H24FN3O3. The molecule has 2 fully saturated rings. The van der Waals surface area contributed by atoms with Crippen molar-refractivity contribution in [2.24, 2.45) is 11.0 Å². The molecule has 0 amide bonds. The predicted octanol–water partition coefficient (Wildman–Crippen LogP) is 2.39. The molecule has 1 saturated carbocycles. The molecule has 2 atom stereocenters. The normalized spacial score (nSPS) is 28.8. The van der Waals surface area contributed by atoms with E-state index >= 15 is 0 Å². The maximum Gasteiger partial charge on any atom is 0.354 e. The van der Waals surface area contributed by atoms with Gasteiger partial charge >= 0.3 is 5.97 Å². The first kappa shape index (κ1) is 17.4. The minimum absolute atomic E-state index is 0.00953. The molecule has 2 aliphatic heterocycles. The third-order valence-corrected chi connectivity index (χ3v) is 5.61. The van der Waals surface area contributed by atoms with Crippen LogP contribution in [0.15, 0.2) is 29.4 Å². The van der Waals surface area contributed by atoms with E-state index in [0.717, 1.165) is 38.0 Å². The number of morpholine rings is 1. The van der Waals surface area contributed by atoms with Gasteiger partial charge in [0.1, 0.15) is 11.5 Å². The number of hydrogen-bond donors (Lipinski definition) is 0. The Morgan fingerprint density at radius 2 is 2.08 bits per heavy atom. The summed E-state index contributed by atoms with van der Waals surface area (Å²) in [6.07, 6.45) is 2.81. The lowest BCUT2D eigenvalue weighted by Gasteiger charge is -2.48. The second-order valence-electron chi connectivity index (χ2n) is 6.92. The molecular weight excluding hydrogens is 337 g/mol. The van der Waals surface area contributed by atoms with Crippen LogP contribution in [-0.2, 0) is 14.3 Å². The van der Waals surface area contributed by atoms with Crippen molar-refractivity contribution < 1.29 is 18.7 Å². The fourth-order valence-corrected chi connectivity index (χ4v) is 4.56. The van der Waals surface area contributed by atoms with Crippen molar-refractivity contribution in [1.29, 1.82) is 0 Å². The quantitative estimate of drug-likeness (QED) is 0.771. The molecule has 0 aromatic heterocycles. The maximum absolute atomic E-state index is 13.4. The zero-order chi connectivity index (χ0) is 18.1. The van der Waals surface area contributed by atoms with Crippen molar-refractivity contribution in [1.82, 2.24) is 4.90 Å². The topological polar surface area (TPSA) is 54.4 Å². The smallest absolute Gasteiger partial charge is 0.354 e. The summed E-state index contributed by atoms with van der Waals surface area (Å²) in [6.45, 7) is 5.04. The average molecular weight is 361 g/mol. The second-order valence-corrected chi connectivity index (χ2v) is 6.92. The number of rotatable bonds is 4. The van der Waals surface area contributed by atoms with E-state index in [-0.39, 0.29) is 17.7 Å². The minimum atomic E-state index is -0.399. The van der Waals surface area contributed by atoms with E-state index in [1.165, 1.54) is 12.1 Å². The van der Waals surface area contributed by atoms with Crippen LogP contribution in [0.25, 0.3) is 0 Å². The molecule has 0 radical (unpaired) electrons. The molecule has 26 heavy (non-hydrogen) atoms. The largest absolute Gasteiger partial charge is 0.461 e. The van der Waals surface area contributed by atoms with E-state index in [1.54, 1.807) is 19.1 Å². The van der Waals surface area contributed by atoms with Crippen molar-refractivity contribution in [3.63, 3.8) is 0 Å². The fraction of sp³-hybridized carbons (Fsp3) is 0.579. The van der Waals surface area contributed by atoms with Crippen molar-refractivity contribution >= 4 is 17.4 Å². The Hall–Kier alpha value is -1.99. The van der Waals surface area contributed by atoms with E-state index in [2.05, 4.69) is 4.90 Å². The third kappa shape index (κ3) is 2.70. The Bertz CT molecular complexity index is 702. The SMILES string of the molecule is CCOC(=O)C1=NN(c2ccc(F)cc2)[C@@]2(N3CCOCC3)CCC[C@@H]12. The summed E-state index contributed by atoms with van der Waals surface area (Å²) in [6, 6.07) is 6.32. The van der Waals surface area contributed by atoms with Crippen LogP contribution in [0.1, 0.15) is 26.2 Å². The summed E-state index contributed by atoms with van der Waals surface area (Å²) < 4.78 is 24.2. The lowest BCUT2D eigenvalue weighted by molar-refractivity contribution is -0.135. The predicted molar refractivity (Wildman–Crippen MR) is 95.4 cm³/mol. The van der Waals surface area contributed by atoms with Crippen LogP contribution in [0.2, 0.25) is 0 Å². The molecule has 140 valence electrons. The standard InChI is InChI=1S/C19H24FN3O3/c1-2-26-18(24)17-16-4-3-9-19(16,22-10-12-25-13-11-22)23(21-17)15-7-5-14(20)6-8-15/h5-8,16H,2-4,9-13H2,1H3/t16-,19-/m0/s1. The van der Waals surface area contributed by atoms with Crippen LogP contribution in [0, 0.1) is 11.7 Å². The first-order valence-electron chi connectivity index (χ1n) is 9.31. The Morgan fingerprint density at radius 3 is 2.77 bits per heavy atom. The highest BCUT2D eigenvalue weighted by Gasteiger charge is 2.59. The molecule has 2 heterocycles. The molecule has 1 saturated heterocycles. The lowest BCUT2D eigenvalue weighted by Crippen LogP contribution is -2.62. The van der Waals surface area contributed by atoms with Crippen molar-refractivity contribution in [3.05, 3.63) is 30.1 Å². The number of fused-ring (bicyclic) bond motifs is 1. The van der Waals surface area contributed by atoms with Crippen molar-refractivity contribution in [2.75, 3.05) is 37.9 Å². The summed E-state index contributed by atoms with van der Waals surface area (Å²) >= 11 is 0. The van der Waals surface area contributed by atoms with Gasteiger partial charge in [-0.2, -0.15) is 5.10 Å². The van der Waals surface area contributed by atoms with E-state index in [9.17, 15) is 9.18 Å². The summed E-state index contributed by atoms with van der Waals surface area (Å²) in [7, 11) is 0. The first-order chi connectivity index (χ1) is 12.7. The first-order valence-corrected chi connectivity index (χ1v) is 9.31. The van der Waals surface area contributed by atoms with E-state index in [1.807, 2.05) is 5.01 Å². The molecule has 0 N–H and O–H groups in total. The molecule has 1 aliphatic carbocycles. The number of carbonyl (C=O) groups is 1. The Kier molecular flexibility index (Phi) is 4.67. The van der Waals surface area contributed by atoms with E-state index in [4.69, 9.17) is 14.6 Å². The number of hydrogen-bond acceptors (Lipinski definition) is 6.